The molecule has 0 spiro atoms. The molecular weight excluding hydrogens is 213 g/mol. The first-order valence-electron chi connectivity index (χ1n) is 5.01. The number of hydrogen-bond acceptors (Lipinski definition) is 3. The molecule has 0 aliphatic carbocycles. The minimum absolute atomic E-state index is 0.257. The number of amides is 1. The zero-order valence-corrected chi connectivity index (χ0v) is 8.61. The molecule has 4 nitrogen and oxygen atoms in total. The molecule has 0 saturated carbocycles. The molecule has 2 rings (SSSR count). The van der Waals surface area contributed by atoms with E-state index in [-0.39, 0.29) is 18.3 Å². The van der Waals surface area contributed by atoms with Gasteiger partial charge in [0, 0.05) is 5.69 Å². The van der Waals surface area contributed by atoms with Gasteiger partial charge in [0.1, 0.15) is 5.82 Å². The van der Waals surface area contributed by atoms with Crippen LogP contribution in [0.15, 0.2) is 24.3 Å². The summed E-state index contributed by atoms with van der Waals surface area (Å²) in [4.78, 5) is 11.6. The van der Waals surface area contributed by atoms with Crippen LogP contribution in [-0.2, 0) is 14.3 Å². The Labute approximate surface area is 92.4 Å². The molecule has 1 aliphatic rings. The summed E-state index contributed by atoms with van der Waals surface area (Å²) in [7, 11) is 0. The number of benzene rings is 1. The summed E-state index contributed by atoms with van der Waals surface area (Å²) in [6.07, 6.45) is -0.584. The smallest absolute Gasteiger partial charge is 0.255 e. The van der Waals surface area contributed by atoms with Crippen LogP contribution in [-0.4, -0.2) is 31.8 Å². The topological polar surface area (TPSA) is 47.6 Å². The van der Waals surface area contributed by atoms with Gasteiger partial charge in [0.05, 0.1) is 19.8 Å². The van der Waals surface area contributed by atoms with Gasteiger partial charge in [0.15, 0.2) is 6.10 Å². The van der Waals surface area contributed by atoms with Gasteiger partial charge in [-0.1, -0.05) is 0 Å². The van der Waals surface area contributed by atoms with E-state index in [0.29, 0.717) is 18.9 Å². The number of ether oxygens (including phenoxy) is 2. The molecule has 1 heterocycles. The molecule has 1 fully saturated rings. The minimum Gasteiger partial charge on any atom is -0.376 e. The van der Waals surface area contributed by atoms with Crippen molar-refractivity contribution in [2.75, 3.05) is 25.1 Å². The van der Waals surface area contributed by atoms with Crippen LogP contribution in [0.5, 0.6) is 0 Å². The molecule has 1 N–H and O–H groups in total. The van der Waals surface area contributed by atoms with E-state index in [1.54, 1.807) is 0 Å². The number of hydrogen-bond donors (Lipinski definition) is 1. The van der Waals surface area contributed by atoms with Crippen LogP contribution in [0.1, 0.15) is 0 Å². The normalized spacial score (nSPS) is 20.4. The van der Waals surface area contributed by atoms with Gasteiger partial charge in [-0.2, -0.15) is 0 Å². The zero-order chi connectivity index (χ0) is 11.4. The van der Waals surface area contributed by atoms with E-state index in [4.69, 9.17) is 9.47 Å². The van der Waals surface area contributed by atoms with Crippen molar-refractivity contribution in [3.8, 4) is 0 Å². The van der Waals surface area contributed by atoms with Crippen molar-refractivity contribution in [2.24, 2.45) is 0 Å². The second kappa shape index (κ2) is 5.05. The van der Waals surface area contributed by atoms with Gasteiger partial charge in [-0.05, 0) is 24.3 Å². The van der Waals surface area contributed by atoms with Gasteiger partial charge in [-0.15, -0.1) is 0 Å². The SMILES string of the molecule is O=C(Nc1ccc(F)cc1)[C@@H]1COCCO1. The maximum Gasteiger partial charge on any atom is 0.255 e. The molecule has 1 aromatic carbocycles. The van der Waals surface area contributed by atoms with Gasteiger partial charge in [0.25, 0.3) is 5.91 Å². The minimum atomic E-state index is -0.584. The predicted molar refractivity (Wildman–Crippen MR) is 55.6 cm³/mol. The van der Waals surface area contributed by atoms with Crippen LogP contribution in [0.2, 0.25) is 0 Å². The Hall–Kier alpha value is -1.46. The Morgan fingerprint density at radius 1 is 1.31 bits per heavy atom. The van der Waals surface area contributed by atoms with Gasteiger partial charge < -0.3 is 14.8 Å². The molecule has 5 heteroatoms. The molecule has 1 amide bonds. The van der Waals surface area contributed by atoms with E-state index in [0.717, 1.165) is 0 Å². The molecule has 86 valence electrons. The predicted octanol–water partition coefficient (Wildman–Crippen LogP) is 1.18. The zero-order valence-electron chi connectivity index (χ0n) is 8.61. The molecule has 0 bridgehead atoms. The molecule has 1 aliphatic heterocycles. The molecule has 0 unspecified atom stereocenters. The Morgan fingerprint density at radius 2 is 2.06 bits per heavy atom. The highest BCUT2D eigenvalue weighted by molar-refractivity contribution is 5.94. The Morgan fingerprint density at radius 3 is 2.69 bits per heavy atom. The van der Waals surface area contributed by atoms with Crippen molar-refractivity contribution in [1.82, 2.24) is 0 Å². The number of rotatable bonds is 2. The highest BCUT2D eigenvalue weighted by atomic mass is 19.1. The second-order valence-corrected chi connectivity index (χ2v) is 3.43. The van der Waals surface area contributed by atoms with Gasteiger partial charge in [-0.25, -0.2) is 4.39 Å². The monoisotopic (exact) mass is 225 g/mol. The summed E-state index contributed by atoms with van der Waals surface area (Å²) >= 11 is 0. The Bertz CT molecular complexity index is 360. The molecule has 0 aromatic heterocycles. The number of carbonyl (C=O) groups excluding carboxylic acids is 1. The van der Waals surface area contributed by atoms with Gasteiger partial charge in [0.2, 0.25) is 0 Å². The maximum absolute atomic E-state index is 12.6. The highest BCUT2D eigenvalue weighted by Gasteiger charge is 2.22. The fourth-order valence-electron chi connectivity index (χ4n) is 1.40. The van der Waals surface area contributed by atoms with Gasteiger partial charge >= 0.3 is 0 Å². The van der Waals surface area contributed by atoms with E-state index in [9.17, 15) is 9.18 Å². The first-order chi connectivity index (χ1) is 7.75. The van der Waals surface area contributed by atoms with E-state index < -0.39 is 6.10 Å². The molecule has 1 saturated heterocycles. The maximum atomic E-state index is 12.6. The fourth-order valence-corrected chi connectivity index (χ4v) is 1.40. The quantitative estimate of drug-likeness (QED) is 0.822. The lowest BCUT2D eigenvalue weighted by Crippen LogP contribution is -2.39. The largest absolute Gasteiger partial charge is 0.376 e. The van der Waals surface area contributed by atoms with E-state index in [1.165, 1.54) is 24.3 Å². The van der Waals surface area contributed by atoms with Crippen molar-refractivity contribution < 1.29 is 18.7 Å². The fraction of sp³-hybridized carbons (Fsp3) is 0.364. The van der Waals surface area contributed by atoms with Crippen molar-refractivity contribution in [1.29, 1.82) is 0 Å². The van der Waals surface area contributed by atoms with Crippen LogP contribution in [0, 0.1) is 5.82 Å². The van der Waals surface area contributed by atoms with Crippen LogP contribution in [0.25, 0.3) is 0 Å². The Kier molecular flexibility index (Phi) is 3.48. The van der Waals surface area contributed by atoms with E-state index in [1.807, 2.05) is 0 Å². The van der Waals surface area contributed by atoms with Crippen LogP contribution in [0.4, 0.5) is 10.1 Å². The van der Waals surface area contributed by atoms with Crippen molar-refractivity contribution in [3.63, 3.8) is 0 Å². The first kappa shape index (κ1) is 11.0. The molecule has 16 heavy (non-hydrogen) atoms. The summed E-state index contributed by atoms with van der Waals surface area (Å²) in [6, 6.07) is 5.56. The average Bonchev–Trinajstić information content (AvgIpc) is 2.33. The average molecular weight is 225 g/mol. The van der Waals surface area contributed by atoms with Crippen LogP contribution >= 0.6 is 0 Å². The third kappa shape index (κ3) is 2.77. The van der Waals surface area contributed by atoms with Crippen LogP contribution in [0.3, 0.4) is 0 Å². The third-order valence-corrected chi connectivity index (χ3v) is 2.22. The summed E-state index contributed by atoms with van der Waals surface area (Å²) in [5.41, 5.74) is 0.542. The highest BCUT2D eigenvalue weighted by Crippen LogP contribution is 2.10. The number of halogens is 1. The van der Waals surface area contributed by atoms with E-state index >= 15 is 0 Å². The molecular formula is C11H12FNO3. The van der Waals surface area contributed by atoms with Crippen molar-refractivity contribution in [2.45, 2.75) is 6.10 Å². The second-order valence-electron chi connectivity index (χ2n) is 3.43. The van der Waals surface area contributed by atoms with Crippen molar-refractivity contribution in [3.05, 3.63) is 30.1 Å². The summed E-state index contributed by atoms with van der Waals surface area (Å²) < 4.78 is 23.0. The van der Waals surface area contributed by atoms with Gasteiger partial charge in [-0.3, -0.25) is 4.79 Å². The molecule has 1 aromatic rings. The van der Waals surface area contributed by atoms with Crippen LogP contribution < -0.4 is 5.32 Å². The lowest BCUT2D eigenvalue weighted by molar-refractivity contribution is -0.142. The first-order valence-corrected chi connectivity index (χ1v) is 5.01. The lowest BCUT2D eigenvalue weighted by Gasteiger charge is -2.21. The van der Waals surface area contributed by atoms with Crippen molar-refractivity contribution >= 4 is 11.6 Å². The lowest BCUT2D eigenvalue weighted by atomic mass is 10.2. The standard InChI is InChI=1S/C11H12FNO3/c12-8-1-3-9(4-2-8)13-11(14)10-7-15-5-6-16-10/h1-4,10H,5-7H2,(H,13,14)/t10-/m0/s1. The Balaban J connectivity index is 1.93. The summed E-state index contributed by atoms with van der Waals surface area (Å²) in [5, 5.41) is 2.63. The van der Waals surface area contributed by atoms with E-state index in [2.05, 4.69) is 5.32 Å². The summed E-state index contributed by atoms with van der Waals surface area (Å²) in [5.74, 6) is -0.610. The summed E-state index contributed by atoms with van der Waals surface area (Å²) in [6.45, 7) is 1.19. The number of carbonyl (C=O) groups is 1. The molecule has 0 radical (unpaired) electrons. The number of anilines is 1. The molecule has 1 atom stereocenters. The number of nitrogens with one attached hydrogen (secondary N) is 1. The third-order valence-electron chi connectivity index (χ3n) is 2.22.